The van der Waals surface area contributed by atoms with Gasteiger partial charge in [-0.15, -0.1) is 0 Å². The number of hydrogen-bond donors (Lipinski definition) is 2. The molecule has 2 nitrogen and oxygen atoms in total. The molecule has 2 N–H and O–H groups in total. The van der Waals surface area contributed by atoms with Gasteiger partial charge in [0.1, 0.15) is 5.75 Å². The van der Waals surface area contributed by atoms with Gasteiger partial charge >= 0.3 is 0 Å². The molecule has 2 aromatic rings. The molecule has 0 saturated carbocycles. The van der Waals surface area contributed by atoms with E-state index in [-0.39, 0.29) is 0 Å². The van der Waals surface area contributed by atoms with Gasteiger partial charge in [0.05, 0.1) is 0 Å². The van der Waals surface area contributed by atoms with Gasteiger partial charge < -0.3 is 10.4 Å². The minimum atomic E-state index is 0.423. The zero-order valence-electron chi connectivity index (χ0n) is 11.3. The van der Waals surface area contributed by atoms with E-state index in [0.29, 0.717) is 11.8 Å². The van der Waals surface area contributed by atoms with E-state index in [1.54, 1.807) is 6.07 Å². The number of aromatic hydroxyl groups is 1. The second-order valence-electron chi connectivity index (χ2n) is 5.36. The summed E-state index contributed by atoms with van der Waals surface area (Å²) >= 11 is 5.89. The van der Waals surface area contributed by atoms with Crippen LogP contribution in [0.2, 0.25) is 5.02 Å². The van der Waals surface area contributed by atoms with Crippen molar-refractivity contribution < 1.29 is 5.11 Å². The number of phenols is 1. The summed E-state index contributed by atoms with van der Waals surface area (Å²) in [5.41, 5.74) is 3.62. The second kappa shape index (κ2) is 5.86. The van der Waals surface area contributed by atoms with Crippen LogP contribution in [-0.2, 0) is 19.4 Å². The van der Waals surface area contributed by atoms with Crippen molar-refractivity contribution in [1.29, 1.82) is 0 Å². The maximum atomic E-state index is 9.95. The van der Waals surface area contributed by atoms with Gasteiger partial charge in [-0.25, -0.2) is 0 Å². The van der Waals surface area contributed by atoms with Crippen LogP contribution < -0.4 is 5.32 Å². The van der Waals surface area contributed by atoms with Crippen LogP contribution in [0, 0.1) is 0 Å². The van der Waals surface area contributed by atoms with Crippen molar-refractivity contribution in [2.45, 2.75) is 31.8 Å². The van der Waals surface area contributed by atoms with Crippen LogP contribution in [-0.4, -0.2) is 11.1 Å². The molecule has 20 heavy (non-hydrogen) atoms. The number of aryl methyl sites for hydroxylation is 1. The molecule has 3 rings (SSSR count). The molecule has 1 unspecified atom stereocenters. The fourth-order valence-electron chi connectivity index (χ4n) is 2.81. The molecule has 0 heterocycles. The van der Waals surface area contributed by atoms with E-state index in [9.17, 15) is 5.11 Å². The van der Waals surface area contributed by atoms with E-state index < -0.39 is 0 Å². The van der Waals surface area contributed by atoms with E-state index >= 15 is 0 Å². The largest absolute Gasteiger partial charge is 0.508 e. The molecule has 0 aliphatic heterocycles. The van der Waals surface area contributed by atoms with Gasteiger partial charge in [0.15, 0.2) is 0 Å². The quantitative estimate of drug-likeness (QED) is 0.902. The van der Waals surface area contributed by atoms with Gasteiger partial charge in [-0.05, 0) is 54.2 Å². The lowest BCUT2D eigenvalue weighted by Crippen LogP contribution is -2.34. The summed E-state index contributed by atoms with van der Waals surface area (Å²) in [6, 6.07) is 14.2. The van der Waals surface area contributed by atoms with Crippen molar-refractivity contribution in [3.8, 4) is 5.75 Å². The monoisotopic (exact) mass is 287 g/mol. The molecule has 0 bridgehead atoms. The average molecular weight is 288 g/mol. The van der Waals surface area contributed by atoms with Crippen molar-refractivity contribution in [3.63, 3.8) is 0 Å². The Balaban J connectivity index is 1.63. The molecule has 0 aromatic heterocycles. The maximum absolute atomic E-state index is 9.95. The number of fused-ring (bicyclic) bond motifs is 1. The molecule has 104 valence electrons. The lowest BCUT2D eigenvalue weighted by atomic mass is 9.87. The third kappa shape index (κ3) is 2.97. The Morgan fingerprint density at radius 2 is 1.95 bits per heavy atom. The van der Waals surface area contributed by atoms with Crippen LogP contribution in [0.25, 0.3) is 0 Å². The first-order valence-electron chi connectivity index (χ1n) is 7.00. The van der Waals surface area contributed by atoms with Crippen LogP contribution in [0.15, 0.2) is 42.5 Å². The van der Waals surface area contributed by atoms with Crippen LogP contribution >= 0.6 is 11.6 Å². The van der Waals surface area contributed by atoms with Gasteiger partial charge in [-0.2, -0.15) is 0 Å². The van der Waals surface area contributed by atoms with Gasteiger partial charge in [-0.3, -0.25) is 0 Å². The van der Waals surface area contributed by atoms with Crippen molar-refractivity contribution in [1.82, 2.24) is 5.32 Å². The Morgan fingerprint density at radius 1 is 1.15 bits per heavy atom. The number of phenolic OH excluding ortho intramolecular Hbond substituents is 1. The fourth-order valence-corrected chi connectivity index (χ4v) is 2.93. The second-order valence-corrected chi connectivity index (χ2v) is 5.80. The van der Waals surface area contributed by atoms with Crippen LogP contribution in [0.1, 0.15) is 23.1 Å². The first-order valence-corrected chi connectivity index (χ1v) is 7.38. The molecule has 0 radical (unpaired) electrons. The van der Waals surface area contributed by atoms with Gasteiger partial charge in [-0.1, -0.05) is 35.9 Å². The molecule has 0 fully saturated rings. The van der Waals surface area contributed by atoms with Gasteiger partial charge in [0.25, 0.3) is 0 Å². The summed E-state index contributed by atoms with van der Waals surface area (Å²) in [5.74, 6) is 0.431. The molecular weight excluding hydrogens is 270 g/mol. The Hall–Kier alpha value is -1.51. The minimum absolute atomic E-state index is 0.423. The summed E-state index contributed by atoms with van der Waals surface area (Å²) in [4.78, 5) is 0. The van der Waals surface area contributed by atoms with E-state index in [1.165, 1.54) is 11.1 Å². The Kier molecular flexibility index (Phi) is 3.95. The Bertz CT molecular complexity index is 594. The minimum Gasteiger partial charge on any atom is -0.508 e. The molecule has 0 spiro atoms. The first-order chi connectivity index (χ1) is 9.72. The molecule has 1 atom stereocenters. The number of rotatable bonds is 3. The summed E-state index contributed by atoms with van der Waals surface area (Å²) in [6.45, 7) is 0.838. The summed E-state index contributed by atoms with van der Waals surface area (Å²) < 4.78 is 0. The lowest BCUT2D eigenvalue weighted by Gasteiger charge is -2.26. The van der Waals surface area contributed by atoms with Crippen molar-refractivity contribution in [3.05, 3.63) is 64.2 Å². The van der Waals surface area contributed by atoms with Crippen LogP contribution in [0.5, 0.6) is 5.75 Å². The number of halogens is 1. The van der Waals surface area contributed by atoms with Crippen molar-refractivity contribution in [2.24, 2.45) is 0 Å². The van der Waals surface area contributed by atoms with Crippen LogP contribution in [0.3, 0.4) is 0 Å². The van der Waals surface area contributed by atoms with Crippen molar-refractivity contribution in [2.75, 3.05) is 0 Å². The Labute approximate surface area is 124 Å². The van der Waals surface area contributed by atoms with E-state index in [4.69, 9.17) is 11.6 Å². The number of hydrogen-bond acceptors (Lipinski definition) is 2. The lowest BCUT2D eigenvalue weighted by molar-refractivity contribution is 0.426. The summed E-state index contributed by atoms with van der Waals surface area (Å²) in [7, 11) is 0. The molecule has 1 aliphatic carbocycles. The maximum Gasteiger partial charge on any atom is 0.119 e. The highest BCUT2D eigenvalue weighted by Crippen LogP contribution is 2.28. The molecule has 3 heteroatoms. The zero-order chi connectivity index (χ0) is 13.9. The molecule has 2 aromatic carbocycles. The van der Waals surface area contributed by atoms with E-state index in [0.717, 1.165) is 36.4 Å². The van der Waals surface area contributed by atoms with E-state index in [2.05, 4.69) is 11.4 Å². The normalized spacial score (nSPS) is 17.8. The zero-order valence-corrected chi connectivity index (χ0v) is 12.0. The van der Waals surface area contributed by atoms with Crippen molar-refractivity contribution >= 4 is 11.6 Å². The number of benzene rings is 2. The highest BCUT2D eigenvalue weighted by Gasteiger charge is 2.20. The third-order valence-corrected chi connectivity index (χ3v) is 4.22. The summed E-state index contributed by atoms with van der Waals surface area (Å²) in [5, 5.41) is 14.3. The molecule has 0 saturated heterocycles. The topological polar surface area (TPSA) is 32.3 Å². The summed E-state index contributed by atoms with van der Waals surface area (Å²) in [6.07, 6.45) is 3.04. The highest BCUT2D eigenvalue weighted by atomic mass is 35.5. The molecular formula is C17H18ClNO. The smallest absolute Gasteiger partial charge is 0.119 e. The molecule has 1 aliphatic rings. The van der Waals surface area contributed by atoms with Crippen LogP contribution in [0.4, 0.5) is 0 Å². The Morgan fingerprint density at radius 3 is 2.75 bits per heavy atom. The fraction of sp³-hybridized carbons (Fsp3) is 0.294. The predicted molar refractivity (Wildman–Crippen MR) is 82.2 cm³/mol. The first kappa shape index (κ1) is 13.5. The predicted octanol–water partition coefficient (Wildman–Crippen LogP) is 3.69. The van der Waals surface area contributed by atoms with E-state index in [1.807, 2.05) is 30.3 Å². The van der Waals surface area contributed by atoms with Gasteiger partial charge in [0.2, 0.25) is 0 Å². The molecule has 0 amide bonds. The standard InChI is InChI=1S/C17H18ClNO/c18-14-7-4-12(5-8-14)11-19-15-9-6-13-2-1-3-17(20)16(13)10-15/h1-5,7-8,15,19-20H,6,9-11H2. The number of nitrogens with one attached hydrogen (secondary N) is 1. The SMILES string of the molecule is Oc1cccc2c1CC(NCc1ccc(Cl)cc1)CC2. The average Bonchev–Trinajstić information content (AvgIpc) is 2.47. The highest BCUT2D eigenvalue weighted by molar-refractivity contribution is 6.30. The van der Waals surface area contributed by atoms with Gasteiger partial charge in [0, 0.05) is 17.6 Å². The third-order valence-electron chi connectivity index (χ3n) is 3.97.